The van der Waals surface area contributed by atoms with E-state index in [1.54, 1.807) is 0 Å². The molecule has 0 spiro atoms. The predicted octanol–water partition coefficient (Wildman–Crippen LogP) is 7.49. The quantitative estimate of drug-likeness (QED) is 0.359. The van der Waals surface area contributed by atoms with E-state index in [2.05, 4.69) is 56.2 Å². The number of ether oxygens (including phenoxy) is 1. The van der Waals surface area contributed by atoms with Crippen LogP contribution in [0.3, 0.4) is 0 Å². The van der Waals surface area contributed by atoms with E-state index in [0.29, 0.717) is 29.5 Å². The van der Waals surface area contributed by atoms with Crippen LogP contribution in [-0.2, 0) is 26.8 Å². The third-order valence-corrected chi connectivity index (χ3v) is 9.69. The Hall–Kier alpha value is -2.27. The van der Waals surface area contributed by atoms with Crippen LogP contribution < -0.4 is 5.32 Å². The Kier molecular flexibility index (Phi) is 7.45. The molecule has 3 aliphatic rings. The van der Waals surface area contributed by atoms with Crippen LogP contribution in [0.2, 0.25) is 5.02 Å². The molecule has 0 unspecified atom stereocenters. The molecule has 0 atom stereocenters. The van der Waals surface area contributed by atoms with E-state index in [9.17, 15) is 9.59 Å². The maximum atomic E-state index is 13.4. The highest BCUT2D eigenvalue weighted by Gasteiger charge is 2.40. The fraction of sp³-hybridized carbons (Fsp3) is 0.625. The van der Waals surface area contributed by atoms with Gasteiger partial charge in [0.2, 0.25) is 0 Å². The summed E-state index contributed by atoms with van der Waals surface area (Å²) in [4.78, 5) is 28.7. The average Bonchev–Trinajstić information content (AvgIpc) is 3.54. The fourth-order valence-corrected chi connectivity index (χ4v) is 6.48. The van der Waals surface area contributed by atoms with Crippen LogP contribution in [0.25, 0.3) is 11.3 Å². The first-order valence-corrected chi connectivity index (χ1v) is 14.8. The number of nitrogens with one attached hydrogen (secondary N) is 2. The molecule has 6 heteroatoms. The molecule has 38 heavy (non-hydrogen) atoms. The molecule has 206 valence electrons. The van der Waals surface area contributed by atoms with Crippen molar-refractivity contribution >= 4 is 23.5 Å². The topological polar surface area (TPSA) is 71.2 Å². The van der Waals surface area contributed by atoms with E-state index >= 15 is 0 Å². The Morgan fingerprint density at radius 3 is 2.39 bits per heavy atom. The molecule has 3 aliphatic carbocycles. The van der Waals surface area contributed by atoms with Crippen molar-refractivity contribution in [3.05, 3.63) is 45.6 Å². The van der Waals surface area contributed by atoms with Gasteiger partial charge < -0.3 is 15.0 Å². The van der Waals surface area contributed by atoms with Crippen molar-refractivity contribution in [3.8, 4) is 11.3 Å². The number of hydrogen-bond donors (Lipinski definition) is 2. The lowest BCUT2D eigenvalue weighted by Crippen LogP contribution is -2.47. The summed E-state index contributed by atoms with van der Waals surface area (Å²) in [6.45, 7) is 9.13. The second-order valence-electron chi connectivity index (χ2n) is 13.3. The zero-order chi connectivity index (χ0) is 27.2. The largest absolute Gasteiger partial charge is 0.469 e. The lowest BCUT2D eigenvalue weighted by atomic mass is 9.80. The Morgan fingerprint density at radius 1 is 1.11 bits per heavy atom. The van der Waals surface area contributed by atoms with Crippen molar-refractivity contribution in [2.24, 2.45) is 11.8 Å². The number of carbonyl (C=O) groups excluding carboxylic acids is 2. The third-order valence-electron chi connectivity index (χ3n) is 9.27. The van der Waals surface area contributed by atoms with Crippen molar-refractivity contribution in [2.75, 3.05) is 7.11 Å². The number of benzene rings is 1. The number of carbonyl (C=O) groups is 2. The highest BCUT2D eigenvalue weighted by molar-refractivity contribution is 6.35. The van der Waals surface area contributed by atoms with Crippen LogP contribution in [0.1, 0.15) is 113 Å². The first-order chi connectivity index (χ1) is 18.0. The van der Waals surface area contributed by atoms with Crippen LogP contribution in [0, 0.1) is 11.8 Å². The molecule has 0 aliphatic heterocycles. The number of halogens is 1. The summed E-state index contributed by atoms with van der Waals surface area (Å²) in [6, 6.07) is 6.95. The minimum absolute atomic E-state index is 0.0105. The summed E-state index contributed by atoms with van der Waals surface area (Å²) in [6.07, 6.45) is 10.8. The van der Waals surface area contributed by atoms with E-state index in [4.69, 9.17) is 16.3 Å². The molecule has 2 N–H and O–H groups in total. The maximum Gasteiger partial charge on any atom is 0.308 e. The summed E-state index contributed by atoms with van der Waals surface area (Å²) >= 11 is 7.05. The smallest absolute Gasteiger partial charge is 0.308 e. The zero-order valence-corrected chi connectivity index (χ0v) is 24.4. The van der Waals surface area contributed by atoms with Gasteiger partial charge in [-0.05, 0) is 83.2 Å². The Labute approximate surface area is 232 Å². The molecule has 3 fully saturated rings. The number of H-pyrrole nitrogens is 1. The highest BCUT2D eigenvalue weighted by Crippen LogP contribution is 2.50. The molecular formula is C32H43ClN2O3. The number of hydrogen-bond acceptors (Lipinski definition) is 3. The fourth-order valence-electron chi connectivity index (χ4n) is 6.17. The second-order valence-corrected chi connectivity index (χ2v) is 13.7. The summed E-state index contributed by atoms with van der Waals surface area (Å²) in [5.41, 5.74) is 6.56. The maximum absolute atomic E-state index is 13.4. The molecular weight excluding hydrogens is 496 g/mol. The molecule has 1 amide bonds. The van der Waals surface area contributed by atoms with E-state index in [-0.39, 0.29) is 34.7 Å². The lowest BCUT2D eigenvalue weighted by molar-refractivity contribution is -0.149. The van der Waals surface area contributed by atoms with Crippen molar-refractivity contribution in [1.29, 1.82) is 0 Å². The van der Waals surface area contributed by atoms with Gasteiger partial charge in [-0.2, -0.15) is 0 Å². The number of amides is 1. The van der Waals surface area contributed by atoms with Crippen LogP contribution in [0.15, 0.2) is 18.2 Å². The molecule has 1 heterocycles. The Balaban J connectivity index is 1.50. The summed E-state index contributed by atoms with van der Waals surface area (Å²) < 4.78 is 4.84. The van der Waals surface area contributed by atoms with Gasteiger partial charge in [-0.25, -0.2) is 0 Å². The molecule has 5 rings (SSSR count). The molecule has 1 aromatic heterocycles. The third kappa shape index (κ3) is 5.54. The number of methoxy groups -OCH3 is 1. The number of aromatic amines is 1. The molecule has 1 aromatic carbocycles. The van der Waals surface area contributed by atoms with E-state index in [1.165, 1.54) is 63.2 Å². The van der Waals surface area contributed by atoms with Crippen LogP contribution in [0.4, 0.5) is 0 Å². The Bertz CT molecular complexity index is 1180. The van der Waals surface area contributed by atoms with Crippen LogP contribution >= 0.6 is 11.6 Å². The summed E-state index contributed by atoms with van der Waals surface area (Å²) in [7, 11) is 1.41. The lowest BCUT2D eigenvalue weighted by Gasteiger charge is -2.33. The standard InChI is InChI=1S/C32H43ClN2O3/c1-31(2,3)22-14-20(15-23(18-22)32(4)11-12-32)27-25(13-19-9-7-6-8-10-19)26(33)28(35-27)29(36)34-24-16-21(17-24)30(37)38-5/h14-15,18-19,21,24,35H,6-13,16-17H2,1-5H3,(H,34,36). The van der Waals surface area contributed by atoms with E-state index in [1.807, 2.05) is 0 Å². The van der Waals surface area contributed by atoms with Crippen molar-refractivity contribution < 1.29 is 14.3 Å². The van der Waals surface area contributed by atoms with E-state index < -0.39 is 0 Å². The highest BCUT2D eigenvalue weighted by atomic mass is 35.5. The minimum atomic E-state index is -0.204. The van der Waals surface area contributed by atoms with Gasteiger partial charge in [-0.3, -0.25) is 9.59 Å². The zero-order valence-electron chi connectivity index (χ0n) is 23.6. The normalized spacial score (nSPS) is 23.0. The molecule has 2 aromatic rings. The van der Waals surface area contributed by atoms with Gasteiger partial charge in [0.25, 0.3) is 5.91 Å². The van der Waals surface area contributed by atoms with Crippen LogP contribution in [-0.4, -0.2) is 30.0 Å². The molecule has 0 bridgehead atoms. The average molecular weight is 539 g/mol. The van der Waals surface area contributed by atoms with Crippen LogP contribution in [0.5, 0.6) is 0 Å². The van der Waals surface area contributed by atoms with Gasteiger partial charge in [0.15, 0.2) is 0 Å². The first kappa shape index (κ1) is 27.3. The first-order valence-electron chi connectivity index (χ1n) is 14.4. The SMILES string of the molecule is COC(=O)C1CC(NC(=O)c2[nH]c(-c3cc(C(C)(C)C)cc(C4(C)CC4)c3)c(CC3CCCCC3)c2Cl)C1. The number of aromatic nitrogens is 1. The molecule has 5 nitrogen and oxygen atoms in total. The predicted molar refractivity (Wildman–Crippen MR) is 153 cm³/mol. The number of rotatable bonds is 7. The van der Waals surface area contributed by atoms with E-state index in [0.717, 1.165) is 23.2 Å². The molecule has 0 saturated heterocycles. The van der Waals surface area contributed by atoms with Gasteiger partial charge in [-0.15, -0.1) is 0 Å². The van der Waals surface area contributed by atoms with Crippen molar-refractivity contribution in [3.63, 3.8) is 0 Å². The molecule has 3 saturated carbocycles. The number of esters is 1. The second kappa shape index (κ2) is 10.4. The van der Waals surface area contributed by atoms with Crippen molar-refractivity contribution in [1.82, 2.24) is 10.3 Å². The molecule has 0 radical (unpaired) electrons. The van der Waals surface area contributed by atoms with Crippen molar-refractivity contribution in [2.45, 2.75) is 109 Å². The monoisotopic (exact) mass is 538 g/mol. The van der Waals surface area contributed by atoms with Gasteiger partial charge in [0.05, 0.1) is 23.7 Å². The Morgan fingerprint density at radius 2 is 1.79 bits per heavy atom. The van der Waals surface area contributed by atoms with Gasteiger partial charge >= 0.3 is 5.97 Å². The summed E-state index contributed by atoms with van der Waals surface area (Å²) in [5, 5.41) is 3.65. The summed E-state index contributed by atoms with van der Waals surface area (Å²) in [5.74, 6) is 0.0553. The van der Waals surface area contributed by atoms with Gasteiger partial charge in [0, 0.05) is 6.04 Å². The van der Waals surface area contributed by atoms with Gasteiger partial charge in [0.1, 0.15) is 5.69 Å². The minimum Gasteiger partial charge on any atom is -0.469 e. The van der Waals surface area contributed by atoms with Gasteiger partial charge in [-0.1, -0.05) is 77.5 Å².